The lowest BCUT2D eigenvalue weighted by molar-refractivity contribution is -0.115. The Balaban J connectivity index is 1.93. The van der Waals surface area contributed by atoms with Crippen molar-refractivity contribution in [1.82, 2.24) is 5.32 Å². The molecule has 0 aliphatic carbocycles. The second-order valence-corrected chi connectivity index (χ2v) is 5.45. The normalized spacial score (nSPS) is 10.4. The Morgan fingerprint density at radius 3 is 2.74 bits per heavy atom. The Morgan fingerprint density at radius 2 is 2.04 bits per heavy atom. The number of halogens is 2. The van der Waals surface area contributed by atoms with Gasteiger partial charge in [-0.2, -0.15) is 0 Å². The molecule has 1 amide bonds. The van der Waals surface area contributed by atoms with Gasteiger partial charge in [0.2, 0.25) is 5.91 Å². The van der Waals surface area contributed by atoms with Gasteiger partial charge < -0.3 is 15.4 Å². The van der Waals surface area contributed by atoms with E-state index in [1.165, 1.54) is 13.2 Å². The molecule has 0 bridgehead atoms. The van der Waals surface area contributed by atoms with Crippen molar-refractivity contribution in [3.8, 4) is 5.75 Å². The number of hydrogen-bond donors (Lipinski definition) is 2. The number of anilines is 1. The highest BCUT2D eigenvalue weighted by Gasteiger charge is 2.10. The van der Waals surface area contributed by atoms with Gasteiger partial charge in [-0.05, 0) is 24.6 Å². The molecular weight excluding hydrogens is 319 g/mol. The van der Waals surface area contributed by atoms with Gasteiger partial charge in [0.25, 0.3) is 0 Å². The van der Waals surface area contributed by atoms with Gasteiger partial charge >= 0.3 is 0 Å². The van der Waals surface area contributed by atoms with Crippen molar-refractivity contribution >= 4 is 23.2 Å². The summed E-state index contributed by atoms with van der Waals surface area (Å²) >= 11 is 6.03. The van der Waals surface area contributed by atoms with Crippen molar-refractivity contribution in [2.24, 2.45) is 0 Å². The van der Waals surface area contributed by atoms with Crippen LogP contribution in [0.25, 0.3) is 0 Å². The Bertz CT molecular complexity index is 707. The van der Waals surface area contributed by atoms with Crippen LogP contribution in [0.3, 0.4) is 0 Å². The average Bonchev–Trinajstić information content (AvgIpc) is 2.52. The number of nitrogens with one attached hydrogen (secondary N) is 2. The highest BCUT2D eigenvalue weighted by molar-refractivity contribution is 6.31. The van der Waals surface area contributed by atoms with Gasteiger partial charge in [0.05, 0.1) is 19.3 Å². The first-order chi connectivity index (χ1) is 11.0. The first-order valence-corrected chi connectivity index (χ1v) is 7.47. The molecule has 0 aromatic heterocycles. The van der Waals surface area contributed by atoms with E-state index in [9.17, 15) is 9.18 Å². The van der Waals surface area contributed by atoms with Crippen LogP contribution in [0.2, 0.25) is 5.02 Å². The zero-order chi connectivity index (χ0) is 16.8. The minimum atomic E-state index is -0.296. The van der Waals surface area contributed by atoms with Gasteiger partial charge in [0.15, 0.2) is 0 Å². The van der Waals surface area contributed by atoms with Crippen LogP contribution < -0.4 is 15.4 Å². The summed E-state index contributed by atoms with van der Waals surface area (Å²) in [5.41, 5.74) is 1.90. The van der Waals surface area contributed by atoms with E-state index in [0.29, 0.717) is 22.0 Å². The van der Waals surface area contributed by atoms with Crippen LogP contribution >= 0.6 is 11.6 Å². The van der Waals surface area contributed by atoms with Crippen LogP contribution in [-0.2, 0) is 11.3 Å². The molecule has 0 saturated heterocycles. The molecule has 0 unspecified atom stereocenters. The summed E-state index contributed by atoms with van der Waals surface area (Å²) in [6.07, 6.45) is 0. The summed E-state index contributed by atoms with van der Waals surface area (Å²) in [6.45, 7) is 2.17. The molecule has 6 heteroatoms. The molecule has 23 heavy (non-hydrogen) atoms. The van der Waals surface area contributed by atoms with Crippen LogP contribution in [0.4, 0.5) is 10.1 Å². The maximum Gasteiger partial charge on any atom is 0.238 e. The predicted molar refractivity (Wildman–Crippen MR) is 89.5 cm³/mol. The summed E-state index contributed by atoms with van der Waals surface area (Å²) in [5, 5.41) is 6.23. The van der Waals surface area contributed by atoms with Crippen LogP contribution in [0.1, 0.15) is 11.1 Å². The first-order valence-electron chi connectivity index (χ1n) is 7.09. The Hall–Kier alpha value is -2.11. The molecule has 0 aliphatic heterocycles. The van der Waals surface area contributed by atoms with Gasteiger partial charge in [-0.3, -0.25) is 4.79 Å². The molecule has 122 valence electrons. The minimum absolute atomic E-state index is 0.0547. The van der Waals surface area contributed by atoms with Crippen LogP contribution in [0.15, 0.2) is 36.4 Å². The van der Waals surface area contributed by atoms with Crippen molar-refractivity contribution in [1.29, 1.82) is 0 Å². The Kier molecular flexibility index (Phi) is 5.96. The second kappa shape index (κ2) is 7.94. The molecule has 0 radical (unpaired) electrons. The summed E-state index contributed by atoms with van der Waals surface area (Å²) in [6, 6.07) is 9.83. The number of carbonyl (C=O) groups excluding carboxylic acids is 1. The molecule has 2 aromatic rings. The zero-order valence-electron chi connectivity index (χ0n) is 13.0. The second-order valence-electron chi connectivity index (χ2n) is 5.04. The number of hydrogen-bond acceptors (Lipinski definition) is 3. The summed E-state index contributed by atoms with van der Waals surface area (Å²) in [7, 11) is 1.51. The molecule has 0 fully saturated rings. The van der Waals surface area contributed by atoms with Gasteiger partial charge in [-0.1, -0.05) is 29.8 Å². The monoisotopic (exact) mass is 336 g/mol. The number of aryl methyl sites for hydroxylation is 1. The average molecular weight is 337 g/mol. The summed E-state index contributed by atoms with van der Waals surface area (Å²) in [5.74, 6) is -0.0557. The van der Waals surface area contributed by atoms with E-state index in [0.717, 1.165) is 5.56 Å². The third-order valence-corrected chi connectivity index (χ3v) is 3.72. The highest BCUT2D eigenvalue weighted by atomic mass is 35.5. The number of ether oxygens (including phenoxy) is 1. The fraction of sp³-hybridized carbons (Fsp3) is 0.235. The minimum Gasteiger partial charge on any atom is -0.495 e. The molecule has 2 rings (SSSR count). The third-order valence-electron chi connectivity index (χ3n) is 3.31. The first kappa shape index (κ1) is 17.2. The molecule has 0 aliphatic rings. The number of rotatable bonds is 6. The number of benzene rings is 2. The van der Waals surface area contributed by atoms with E-state index in [-0.39, 0.29) is 24.8 Å². The topological polar surface area (TPSA) is 50.4 Å². The quantitative estimate of drug-likeness (QED) is 0.848. The van der Waals surface area contributed by atoms with Crippen molar-refractivity contribution in [3.05, 3.63) is 58.4 Å². The third kappa shape index (κ3) is 4.68. The van der Waals surface area contributed by atoms with Gasteiger partial charge in [-0.25, -0.2) is 4.39 Å². The molecule has 2 N–H and O–H groups in total. The lowest BCUT2D eigenvalue weighted by Gasteiger charge is -2.12. The Labute approximate surface area is 139 Å². The van der Waals surface area contributed by atoms with Crippen LogP contribution in [0.5, 0.6) is 5.75 Å². The molecule has 0 heterocycles. The van der Waals surface area contributed by atoms with E-state index in [1.807, 2.05) is 6.92 Å². The van der Waals surface area contributed by atoms with Gasteiger partial charge in [0.1, 0.15) is 11.6 Å². The van der Waals surface area contributed by atoms with Crippen molar-refractivity contribution in [2.45, 2.75) is 13.5 Å². The molecule has 0 spiro atoms. The van der Waals surface area contributed by atoms with Crippen molar-refractivity contribution in [3.63, 3.8) is 0 Å². The highest BCUT2D eigenvalue weighted by Crippen LogP contribution is 2.30. The van der Waals surface area contributed by atoms with Gasteiger partial charge in [0, 0.05) is 23.2 Å². The molecule has 0 atom stereocenters. The van der Waals surface area contributed by atoms with E-state index >= 15 is 0 Å². The SMILES string of the molecule is COc1cc(Cl)c(C)cc1NC(=O)CNCc1ccccc1F. The number of carbonyl (C=O) groups is 1. The van der Waals surface area contributed by atoms with Crippen LogP contribution in [0, 0.1) is 12.7 Å². The number of methoxy groups -OCH3 is 1. The molecule has 4 nitrogen and oxygen atoms in total. The summed E-state index contributed by atoms with van der Waals surface area (Å²) in [4.78, 5) is 12.0. The van der Waals surface area contributed by atoms with Crippen molar-refractivity contribution in [2.75, 3.05) is 19.0 Å². The fourth-order valence-electron chi connectivity index (χ4n) is 2.08. The van der Waals surface area contributed by atoms with Gasteiger partial charge in [-0.15, -0.1) is 0 Å². The maximum atomic E-state index is 13.5. The lowest BCUT2D eigenvalue weighted by atomic mass is 10.2. The van der Waals surface area contributed by atoms with Crippen LogP contribution in [-0.4, -0.2) is 19.6 Å². The zero-order valence-corrected chi connectivity index (χ0v) is 13.7. The van der Waals surface area contributed by atoms with E-state index in [1.54, 1.807) is 30.3 Å². The number of amides is 1. The van der Waals surface area contributed by atoms with E-state index in [2.05, 4.69) is 10.6 Å². The largest absolute Gasteiger partial charge is 0.495 e. The predicted octanol–water partition coefficient (Wildman–Crippen LogP) is 3.52. The smallest absolute Gasteiger partial charge is 0.238 e. The Morgan fingerprint density at radius 1 is 1.30 bits per heavy atom. The molecule has 2 aromatic carbocycles. The standard InChI is InChI=1S/C17H18ClFN2O2/c1-11-7-15(16(23-2)8-13(11)18)21-17(22)10-20-9-12-5-3-4-6-14(12)19/h3-8,20H,9-10H2,1-2H3,(H,21,22). The lowest BCUT2D eigenvalue weighted by Crippen LogP contribution is -2.28. The fourth-order valence-corrected chi connectivity index (χ4v) is 2.23. The summed E-state index contributed by atoms with van der Waals surface area (Å²) < 4.78 is 18.7. The van der Waals surface area contributed by atoms with Crippen molar-refractivity contribution < 1.29 is 13.9 Å². The van der Waals surface area contributed by atoms with E-state index in [4.69, 9.17) is 16.3 Å². The molecular formula is C17H18ClFN2O2. The molecule has 0 saturated carbocycles. The maximum absolute atomic E-state index is 13.5. The van der Waals surface area contributed by atoms with E-state index < -0.39 is 0 Å².